The molecular formula is C21H28N4O4S2. The summed E-state index contributed by atoms with van der Waals surface area (Å²) in [4.78, 5) is 27.0. The number of nitrogens with one attached hydrogen (secondary N) is 2. The summed E-state index contributed by atoms with van der Waals surface area (Å²) in [5.41, 5.74) is 1.13. The van der Waals surface area contributed by atoms with Crippen LogP contribution in [0, 0.1) is 0 Å². The second kappa shape index (κ2) is 10.3. The smallest absolute Gasteiger partial charge is 0.261 e. The Morgan fingerprint density at radius 1 is 1.13 bits per heavy atom. The molecule has 8 nitrogen and oxygen atoms in total. The highest BCUT2D eigenvalue weighted by Gasteiger charge is 2.27. The van der Waals surface area contributed by atoms with Crippen LogP contribution in [-0.2, 0) is 14.8 Å². The molecule has 168 valence electrons. The first kappa shape index (κ1) is 23.2. The number of piperidine rings is 1. The maximum absolute atomic E-state index is 13.0. The molecule has 0 atom stereocenters. The molecule has 2 amide bonds. The van der Waals surface area contributed by atoms with Crippen molar-refractivity contribution >= 4 is 44.5 Å². The lowest BCUT2D eigenvalue weighted by atomic mass is 10.2. The van der Waals surface area contributed by atoms with Crippen LogP contribution in [0.4, 0.5) is 11.4 Å². The van der Waals surface area contributed by atoms with Crippen LogP contribution in [0.25, 0.3) is 0 Å². The third kappa shape index (κ3) is 5.84. The third-order valence-corrected chi connectivity index (χ3v) is 7.82. The number of benzene rings is 1. The van der Waals surface area contributed by atoms with E-state index in [2.05, 4.69) is 10.6 Å². The second-order valence-electron chi connectivity index (χ2n) is 7.57. The minimum Gasteiger partial charge on any atom is -0.376 e. The first-order chi connectivity index (χ1) is 14.8. The molecule has 0 spiro atoms. The van der Waals surface area contributed by atoms with E-state index in [0.29, 0.717) is 29.3 Å². The highest BCUT2D eigenvalue weighted by Crippen LogP contribution is 2.30. The van der Waals surface area contributed by atoms with Crippen molar-refractivity contribution < 1.29 is 18.0 Å². The zero-order valence-corrected chi connectivity index (χ0v) is 19.4. The molecule has 2 N–H and O–H groups in total. The van der Waals surface area contributed by atoms with E-state index in [9.17, 15) is 18.0 Å². The van der Waals surface area contributed by atoms with Gasteiger partial charge in [0, 0.05) is 40.2 Å². The third-order valence-electron chi connectivity index (χ3n) is 5.06. The summed E-state index contributed by atoms with van der Waals surface area (Å²) in [5, 5.41) is 7.33. The van der Waals surface area contributed by atoms with Gasteiger partial charge in [0.2, 0.25) is 15.9 Å². The number of anilines is 2. The fraction of sp³-hybridized carbons (Fsp3) is 0.429. The largest absolute Gasteiger partial charge is 0.376 e. The van der Waals surface area contributed by atoms with Crippen LogP contribution >= 0.6 is 11.3 Å². The van der Waals surface area contributed by atoms with Gasteiger partial charge in [0.15, 0.2) is 0 Å². The van der Waals surface area contributed by atoms with Gasteiger partial charge in [-0.15, -0.1) is 11.3 Å². The molecule has 1 aliphatic heterocycles. The van der Waals surface area contributed by atoms with Crippen molar-refractivity contribution in [2.75, 3.05) is 43.9 Å². The van der Waals surface area contributed by atoms with Crippen LogP contribution in [0.15, 0.2) is 40.6 Å². The Morgan fingerprint density at radius 2 is 1.87 bits per heavy atom. The van der Waals surface area contributed by atoms with E-state index in [1.165, 1.54) is 21.7 Å². The fourth-order valence-electron chi connectivity index (χ4n) is 3.42. The topological polar surface area (TPSA) is 98.8 Å². The summed E-state index contributed by atoms with van der Waals surface area (Å²) in [7, 11) is 0.0405. The lowest BCUT2D eigenvalue weighted by molar-refractivity contribution is -0.116. The standard InChI is InChI=1S/C21H28N4O4S2/c1-24(2)18-9-8-16(31(28,29)25-12-4-3-5-13-25)15-17(18)23-20(26)10-11-22-21(27)19-7-6-14-30-19/h6-9,14-15H,3-5,10-13H2,1-2H3,(H,22,27)(H,23,26). The molecule has 1 saturated heterocycles. The summed E-state index contributed by atoms with van der Waals surface area (Å²) >= 11 is 1.33. The van der Waals surface area contributed by atoms with E-state index in [1.54, 1.807) is 24.3 Å². The van der Waals surface area contributed by atoms with Gasteiger partial charge in [0.25, 0.3) is 5.91 Å². The maximum Gasteiger partial charge on any atom is 0.261 e. The van der Waals surface area contributed by atoms with E-state index in [1.807, 2.05) is 24.4 Å². The van der Waals surface area contributed by atoms with E-state index < -0.39 is 10.0 Å². The minimum atomic E-state index is -3.61. The maximum atomic E-state index is 13.0. The van der Waals surface area contributed by atoms with Gasteiger partial charge in [0.1, 0.15) is 0 Å². The molecule has 1 aromatic heterocycles. The molecule has 0 saturated carbocycles. The molecule has 0 unspecified atom stereocenters. The van der Waals surface area contributed by atoms with Crippen LogP contribution < -0.4 is 15.5 Å². The van der Waals surface area contributed by atoms with Crippen molar-refractivity contribution in [1.29, 1.82) is 0 Å². The number of nitrogens with zero attached hydrogens (tertiary/aromatic N) is 2. The van der Waals surface area contributed by atoms with Crippen LogP contribution in [0.1, 0.15) is 35.4 Å². The van der Waals surface area contributed by atoms with Crippen molar-refractivity contribution in [1.82, 2.24) is 9.62 Å². The number of sulfonamides is 1. The van der Waals surface area contributed by atoms with E-state index >= 15 is 0 Å². The summed E-state index contributed by atoms with van der Waals surface area (Å²) in [6, 6.07) is 8.31. The Balaban J connectivity index is 1.69. The quantitative estimate of drug-likeness (QED) is 0.626. The number of carbonyl (C=O) groups excluding carboxylic acids is 2. The molecule has 3 rings (SSSR count). The van der Waals surface area contributed by atoms with E-state index in [4.69, 9.17) is 0 Å². The lowest BCUT2D eigenvalue weighted by Gasteiger charge is -2.26. The van der Waals surface area contributed by atoms with Crippen molar-refractivity contribution in [2.24, 2.45) is 0 Å². The monoisotopic (exact) mass is 464 g/mol. The lowest BCUT2D eigenvalue weighted by Crippen LogP contribution is -2.35. The van der Waals surface area contributed by atoms with Gasteiger partial charge in [0.05, 0.1) is 21.1 Å². The SMILES string of the molecule is CN(C)c1ccc(S(=O)(=O)N2CCCCC2)cc1NC(=O)CCNC(=O)c1cccs1. The number of thiophene rings is 1. The molecule has 2 aromatic rings. The van der Waals surface area contributed by atoms with Crippen molar-refractivity contribution in [3.8, 4) is 0 Å². The van der Waals surface area contributed by atoms with Gasteiger partial charge in [-0.25, -0.2) is 8.42 Å². The van der Waals surface area contributed by atoms with Crippen LogP contribution in [0.3, 0.4) is 0 Å². The number of amides is 2. The molecule has 1 aliphatic rings. The van der Waals surface area contributed by atoms with Crippen molar-refractivity contribution in [2.45, 2.75) is 30.6 Å². The molecule has 1 aromatic carbocycles. The summed E-state index contributed by atoms with van der Waals surface area (Å²) in [6.45, 7) is 1.22. The number of rotatable bonds is 8. The molecule has 2 heterocycles. The van der Waals surface area contributed by atoms with Crippen LogP contribution in [0.5, 0.6) is 0 Å². The van der Waals surface area contributed by atoms with Crippen molar-refractivity contribution in [3.63, 3.8) is 0 Å². The zero-order chi connectivity index (χ0) is 22.4. The second-order valence-corrected chi connectivity index (χ2v) is 10.5. The van der Waals surface area contributed by atoms with Crippen LogP contribution in [-0.4, -0.2) is 58.3 Å². The molecule has 31 heavy (non-hydrogen) atoms. The Bertz CT molecular complexity index is 1010. The van der Waals surface area contributed by atoms with Crippen LogP contribution in [0.2, 0.25) is 0 Å². The van der Waals surface area contributed by atoms with Gasteiger partial charge < -0.3 is 15.5 Å². The minimum absolute atomic E-state index is 0.0765. The molecule has 10 heteroatoms. The number of carbonyl (C=O) groups is 2. The summed E-state index contributed by atoms with van der Waals surface area (Å²) in [6.07, 6.45) is 2.83. The predicted octanol–water partition coefficient (Wildman–Crippen LogP) is 2.75. The molecule has 0 bridgehead atoms. The van der Waals surface area contributed by atoms with Gasteiger partial charge >= 0.3 is 0 Å². The summed E-state index contributed by atoms with van der Waals surface area (Å²) in [5.74, 6) is -0.520. The zero-order valence-electron chi connectivity index (χ0n) is 17.8. The Hall–Kier alpha value is -2.43. The average Bonchev–Trinajstić information content (AvgIpc) is 3.29. The van der Waals surface area contributed by atoms with Gasteiger partial charge in [-0.1, -0.05) is 12.5 Å². The number of hydrogen-bond donors (Lipinski definition) is 2. The Morgan fingerprint density at radius 3 is 2.52 bits per heavy atom. The molecular weight excluding hydrogens is 436 g/mol. The Kier molecular flexibility index (Phi) is 7.69. The van der Waals surface area contributed by atoms with E-state index in [0.717, 1.165) is 19.3 Å². The highest BCUT2D eigenvalue weighted by molar-refractivity contribution is 7.89. The molecule has 0 aliphatic carbocycles. The normalized spacial score (nSPS) is 14.8. The Labute approximate surface area is 187 Å². The van der Waals surface area contributed by atoms with Gasteiger partial charge in [-0.05, 0) is 42.5 Å². The molecule has 0 radical (unpaired) electrons. The summed E-state index contributed by atoms with van der Waals surface area (Å²) < 4.78 is 27.5. The predicted molar refractivity (Wildman–Crippen MR) is 123 cm³/mol. The van der Waals surface area contributed by atoms with E-state index in [-0.39, 0.29) is 29.7 Å². The van der Waals surface area contributed by atoms with Crippen molar-refractivity contribution in [3.05, 3.63) is 40.6 Å². The first-order valence-electron chi connectivity index (χ1n) is 10.2. The van der Waals surface area contributed by atoms with Gasteiger partial charge in [-0.3, -0.25) is 9.59 Å². The fourth-order valence-corrected chi connectivity index (χ4v) is 5.60. The first-order valence-corrected chi connectivity index (χ1v) is 12.5. The molecule has 1 fully saturated rings. The highest BCUT2D eigenvalue weighted by atomic mass is 32.2. The average molecular weight is 465 g/mol. The number of hydrogen-bond acceptors (Lipinski definition) is 6. The van der Waals surface area contributed by atoms with Gasteiger partial charge in [-0.2, -0.15) is 4.31 Å².